The molecule has 1 N–H and O–H groups in total. The van der Waals surface area contributed by atoms with Crippen molar-refractivity contribution in [2.75, 3.05) is 5.32 Å². The number of aromatic nitrogens is 1. The Morgan fingerprint density at radius 1 is 1.42 bits per heavy atom. The Morgan fingerprint density at radius 2 is 2.21 bits per heavy atom. The van der Waals surface area contributed by atoms with Crippen LogP contribution in [0.1, 0.15) is 19.0 Å². The first-order valence-electron chi connectivity index (χ1n) is 6.14. The van der Waals surface area contributed by atoms with Gasteiger partial charge in [-0.3, -0.25) is 0 Å². The molecule has 0 saturated heterocycles. The molecule has 2 rings (SSSR count). The molecular formula is C14H15BrClFN2. The fourth-order valence-corrected chi connectivity index (χ4v) is 2.92. The van der Waals surface area contributed by atoms with E-state index < -0.39 is 0 Å². The van der Waals surface area contributed by atoms with Crippen molar-refractivity contribution in [3.8, 4) is 0 Å². The maximum atomic E-state index is 13.1. The maximum Gasteiger partial charge on any atom is 0.125 e. The van der Waals surface area contributed by atoms with E-state index in [-0.39, 0.29) is 5.82 Å². The summed E-state index contributed by atoms with van der Waals surface area (Å²) in [5.74, 6) is -0.350. The molecule has 0 aliphatic rings. The quantitative estimate of drug-likeness (QED) is 0.801. The Balaban J connectivity index is 2.12. The van der Waals surface area contributed by atoms with E-state index >= 15 is 0 Å². The van der Waals surface area contributed by atoms with Crippen LogP contribution in [0.25, 0.3) is 0 Å². The third-order valence-electron chi connectivity index (χ3n) is 2.84. The number of hydrogen-bond acceptors (Lipinski definition) is 1. The summed E-state index contributed by atoms with van der Waals surface area (Å²) >= 11 is 9.35. The lowest BCUT2D eigenvalue weighted by molar-refractivity contribution is 0.627. The SMILES string of the molecule is CCCn1cccc1CNc1c(Cl)cc(F)cc1Br. The number of benzene rings is 1. The number of hydrogen-bond donors (Lipinski definition) is 1. The minimum Gasteiger partial charge on any atom is -0.377 e. The molecule has 0 unspecified atom stereocenters. The van der Waals surface area contributed by atoms with Crippen LogP contribution in [0, 0.1) is 5.82 Å². The smallest absolute Gasteiger partial charge is 0.125 e. The lowest BCUT2D eigenvalue weighted by atomic mass is 10.3. The van der Waals surface area contributed by atoms with Crippen molar-refractivity contribution >= 4 is 33.2 Å². The van der Waals surface area contributed by atoms with Gasteiger partial charge >= 0.3 is 0 Å². The van der Waals surface area contributed by atoms with E-state index in [9.17, 15) is 4.39 Å². The highest BCUT2D eigenvalue weighted by Crippen LogP contribution is 2.32. The lowest BCUT2D eigenvalue weighted by Crippen LogP contribution is -2.07. The molecule has 5 heteroatoms. The molecule has 0 aliphatic heterocycles. The Bertz CT molecular complexity index is 545. The van der Waals surface area contributed by atoms with Crippen molar-refractivity contribution in [1.29, 1.82) is 0 Å². The lowest BCUT2D eigenvalue weighted by Gasteiger charge is -2.13. The first kappa shape index (κ1) is 14.4. The topological polar surface area (TPSA) is 17.0 Å². The van der Waals surface area contributed by atoms with Gasteiger partial charge in [-0.15, -0.1) is 0 Å². The predicted molar refractivity (Wildman–Crippen MR) is 81.2 cm³/mol. The molecule has 2 nitrogen and oxygen atoms in total. The Morgan fingerprint density at radius 3 is 2.89 bits per heavy atom. The maximum absolute atomic E-state index is 13.1. The monoisotopic (exact) mass is 344 g/mol. The zero-order chi connectivity index (χ0) is 13.8. The first-order valence-corrected chi connectivity index (χ1v) is 7.31. The van der Waals surface area contributed by atoms with Gasteiger partial charge in [0, 0.05) is 22.9 Å². The number of anilines is 1. The van der Waals surface area contributed by atoms with Crippen LogP contribution in [-0.4, -0.2) is 4.57 Å². The Labute approximate surface area is 125 Å². The highest BCUT2D eigenvalue weighted by atomic mass is 79.9. The average Bonchev–Trinajstić information content (AvgIpc) is 2.76. The van der Waals surface area contributed by atoms with Gasteiger partial charge in [-0.25, -0.2) is 4.39 Å². The van der Waals surface area contributed by atoms with Crippen LogP contribution in [-0.2, 0) is 13.1 Å². The van der Waals surface area contributed by atoms with Gasteiger partial charge in [0.05, 0.1) is 17.3 Å². The summed E-state index contributed by atoms with van der Waals surface area (Å²) in [7, 11) is 0. The fourth-order valence-electron chi connectivity index (χ4n) is 1.96. The van der Waals surface area contributed by atoms with Crippen molar-refractivity contribution < 1.29 is 4.39 Å². The highest BCUT2D eigenvalue weighted by molar-refractivity contribution is 9.10. The van der Waals surface area contributed by atoms with Crippen molar-refractivity contribution in [3.63, 3.8) is 0 Å². The zero-order valence-electron chi connectivity index (χ0n) is 10.6. The average molecular weight is 346 g/mol. The summed E-state index contributed by atoms with van der Waals surface area (Å²) in [6, 6.07) is 6.79. The van der Waals surface area contributed by atoms with Gasteiger partial charge in [-0.1, -0.05) is 18.5 Å². The summed E-state index contributed by atoms with van der Waals surface area (Å²) in [5, 5.41) is 3.62. The predicted octanol–water partition coefficient (Wildman–Crippen LogP) is 5.07. The second kappa shape index (κ2) is 6.44. The molecule has 1 aromatic heterocycles. The molecule has 0 radical (unpaired) electrons. The molecule has 2 aromatic rings. The number of rotatable bonds is 5. The van der Waals surface area contributed by atoms with Crippen molar-refractivity contribution in [3.05, 3.63) is 51.5 Å². The summed E-state index contributed by atoms with van der Waals surface area (Å²) < 4.78 is 16.0. The van der Waals surface area contributed by atoms with Crippen LogP contribution >= 0.6 is 27.5 Å². The summed E-state index contributed by atoms with van der Waals surface area (Å²) in [4.78, 5) is 0. The largest absolute Gasteiger partial charge is 0.377 e. The Kier molecular flexibility index (Phi) is 4.88. The van der Waals surface area contributed by atoms with Crippen LogP contribution in [0.15, 0.2) is 34.9 Å². The molecule has 0 amide bonds. The molecule has 0 saturated carbocycles. The zero-order valence-corrected chi connectivity index (χ0v) is 12.9. The molecule has 0 fully saturated rings. The van der Waals surface area contributed by atoms with E-state index in [1.165, 1.54) is 17.8 Å². The third-order valence-corrected chi connectivity index (χ3v) is 3.76. The van der Waals surface area contributed by atoms with Gasteiger partial charge in [0.1, 0.15) is 5.82 Å². The van der Waals surface area contributed by atoms with Gasteiger partial charge in [-0.2, -0.15) is 0 Å². The third kappa shape index (κ3) is 3.51. The number of nitrogens with zero attached hydrogens (tertiary/aromatic N) is 1. The highest BCUT2D eigenvalue weighted by Gasteiger charge is 2.08. The van der Waals surface area contributed by atoms with E-state index in [1.807, 2.05) is 6.07 Å². The second-order valence-corrected chi connectivity index (χ2v) is 5.55. The molecule has 0 bridgehead atoms. The van der Waals surface area contributed by atoms with E-state index in [1.54, 1.807) is 0 Å². The second-order valence-electron chi connectivity index (χ2n) is 4.29. The van der Waals surface area contributed by atoms with Crippen LogP contribution in [0.4, 0.5) is 10.1 Å². The first-order chi connectivity index (χ1) is 9.11. The van der Waals surface area contributed by atoms with Gasteiger partial charge in [-0.05, 0) is 46.6 Å². The summed E-state index contributed by atoms with van der Waals surface area (Å²) in [6.07, 6.45) is 3.14. The van der Waals surface area contributed by atoms with Gasteiger partial charge in [0.15, 0.2) is 0 Å². The van der Waals surface area contributed by atoms with Crippen molar-refractivity contribution in [2.45, 2.75) is 26.4 Å². The molecule has 0 spiro atoms. The Hall–Kier alpha value is -1.00. The number of aryl methyl sites for hydroxylation is 1. The van der Waals surface area contributed by atoms with Crippen LogP contribution in [0.5, 0.6) is 0 Å². The van der Waals surface area contributed by atoms with Crippen LogP contribution in [0.3, 0.4) is 0 Å². The van der Waals surface area contributed by atoms with E-state index in [0.29, 0.717) is 21.7 Å². The molecule has 102 valence electrons. The normalized spacial score (nSPS) is 10.7. The van der Waals surface area contributed by atoms with Gasteiger partial charge < -0.3 is 9.88 Å². The molecular weight excluding hydrogens is 331 g/mol. The molecule has 0 atom stereocenters. The fraction of sp³-hybridized carbons (Fsp3) is 0.286. The van der Waals surface area contributed by atoms with Gasteiger partial charge in [0.2, 0.25) is 0 Å². The van der Waals surface area contributed by atoms with Crippen molar-refractivity contribution in [2.24, 2.45) is 0 Å². The summed E-state index contributed by atoms with van der Waals surface area (Å²) in [6.45, 7) is 3.78. The van der Waals surface area contributed by atoms with E-state index in [0.717, 1.165) is 13.0 Å². The number of nitrogens with one attached hydrogen (secondary N) is 1. The van der Waals surface area contributed by atoms with Gasteiger partial charge in [0.25, 0.3) is 0 Å². The molecule has 19 heavy (non-hydrogen) atoms. The van der Waals surface area contributed by atoms with E-state index in [2.05, 4.69) is 45.0 Å². The molecule has 1 aromatic carbocycles. The minimum absolute atomic E-state index is 0.350. The van der Waals surface area contributed by atoms with E-state index in [4.69, 9.17) is 11.6 Å². The standard InChI is InChI=1S/C14H15BrClFN2/c1-2-5-19-6-3-4-11(19)9-18-14-12(15)7-10(17)8-13(14)16/h3-4,6-8,18H,2,5,9H2,1H3. The van der Waals surface area contributed by atoms with Crippen molar-refractivity contribution in [1.82, 2.24) is 4.57 Å². The van der Waals surface area contributed by atoms with Crippen LogP contribution in [0.2, 0.25) is 5.02 Å². The summed E-state index contributed by atoms with van der Waals surface area (Å²) in [5.41, 5.74) is 1.89. The minimum atomic E-state index is -0.350. The number of halogens is 3. The molecule has 0 aliphatic carbocycles. The molecule has 1 heterocycles. The van der Waals surface area contributed by atoms with Crippen LogP contribution < -0.4 is 5.32 Å².